The number of aliphatic hydroxyl groups is 1. The van der Waals surface area contributed by atoms with Crippen LogP contribution in [0.1, 0.15) is 39.0 Å². The molecule has 0 aliphatic carbocycles. The summed E-state index contributed by atoms with van der Waals surface area (Å²) in [5, 5.41) is 11.4. The van der Waals surface area contributed by atoms with Gasteiger partial charge < -0.3 is 24.5 Å². The smallest absolute Gasteiger partial charge is 0.253 e. The lowest BCUT2D eigenvalue weighted by molar-refractivity contribution is -0.145. The predicted molar refractivity (Wildman–Crippen MR) is 178 cm³/mol. The molecule has 3 amide bonds. The topological polar surface area (TPSA) is 90.4 Å². The first-order chi connectivity index (χ1) is 22.4. The first-order valence-electron chi connectivity index (χ1n) is 16.6. The van der Waals surface area contributed by atoms with Crippen LogP contribution in [0.5, 0.6) is 0 Å². The van der Waals surface area contributed by atoms with E-state index in [1.165, 1.54) is 0 Å². The third kappa shape index (κ3) is 4.77. The van der Waals surface area contributed by atoms with Crippen molar-refractivity contribution in [3.05, 3.63) is 97.1 Å². The molecule has 0 aromatic heterocycles. The number of likely N-dealkylation sites (tertiary alicyclic amines) is 1. The van der Waals surface area contributed by atoms with E-state index in [1.54, 1.807) is 14.7 Å². The highest BCUT2D eigenvalue weighted by Gasteiger charge is 2.75. The monoisotopic (exact) mass is 619 g/mol. The summed E-state index contributed by atoms with van der Waals surface area (Å²) in [6.07, 6.45) is 11.3. The lowest BCUT2D eigenvalue weighted by Crippen LogP contribution is -2.56. The SMILES string of the molecule is CC[C@@]12C=CCN(c3ccccc3)C(=O)[C@@H]1[C@H]1C(=O)N(CCCCCCO)C3C(=O)N(c4ccc5ccccc5c4)CC=C[C@@]31O2. The minimum absolute atomic E-state index is 0.128. The van der Waals surface area contributed by atoms with E-state index >= 15 is 0 Å². The summed E-state index contributed by atoms with van der Waals surface area (Å²) < 4.78 is 7.14. The Balaban J connectivity index is 1.32. The first-order valence-corrected chi connectivity index (χ1v) is 16.6. The molecule has 5 atom stereocenters. The van der Waals surface area contributed by atoms with E-state index in [2.05, 4.69) is 0 Å². The minimum Gasteiger partial charge on any atom is -0.396 e. The molecular formula is C38H41N3O5. The number of benzene rings is 3. The largest absolute Gasteiger partial charge is 0.396 e. The molecule has 238 valence electrons. The second kappa shape index (κ2) is 12.2. The molecule has 7 rings (SSSR count). The molecule has 0 bridgehead atoms. The Morgan fingerprint density at radius 3 is 2.20 bits per heavy atom. The summed E-state index contributed by atoms with van der Waals surface area (Å²) in [5.74, 6) is -2.22. The van der Waals surface area contributed by atoms with Crippen molar-refractivity contribution >= 4 is 39.9 Å². The zero-order chi connectivity index (χ0) is 31.9. The number of ether oxygens (including phenoxy) is 1. The molecule has 2 fully saturated rings. The quantitative estimate of drug-likeness (QED) is 0.261. The van der Waals surface area contributed by atoms with Gasteiger partial charge in [-0.2, -0.15) is 0 Å². The van der Waals surface area contributed by atoms with Gasteiger partial charge in [-0.25, -0.2) is 0 Å². The molecular weight excluding hydrogens is 578 g/mol. The third-order valence-electron chi connectivity index (χ3n) is 10.4. The Hall–Kier alpha value is -4.27. The summed E-state index contributed by atoms with van der Waals surface area (Å²) in [7, 11) is 0. The van der Waals surface area contributed by atoms with Gasteiger partial charge >= 0.3 is 0 Å². The Morgan fingerprint density at radius 1 is 0.739 bits per heavy atom. The van der Waals surface area contributed by atoms with Crippen molar-refractivity contribution in [2.75, 3.05) is 36.0 Å². The van der Waals surface area contributed by atoms with Crippen molar-refractivity contribution in [2.24, 2.45) is 11.8 Å². The van der Waals surface area contributed by atoms with E-state index in [9.17, 15) is 19.5 Å². The van der Waals surface area contributed by atoms with Gasteiger partial charge in [0.2, 0.25) is 11.8 Å². The Bertz CT molecular complexity index is 1700. The van der Waals surface area contributed by atoms with Gasteiger partial charge in [-0.05, 0) is 54.3 Å². The summed E-state index contributed by atoms with van der Waals surface area (Å²) in [4.78, 5) is 49.5. The molecule has 1 unspecified atom stereocenters. The van der Waals surface area contributed by atoms with Gasteiger partial charge in [0.05, 0.1) is 17.4 Å². The number of nitrogens with zero attached hydrogens (tertiary/aromatic N) is 3. The molecule has 1 N–H and O–H groups in total. The highest BCUT2D eigenvalue weighted by molar-refractivity contribution is 6.08. The summed E-state index contributed by atoms with van der Waals surface area (Å²) in [6.45, 7) is 3.19. The van der Waals surface area contributed by atoms with E-state index in [-0.39, 0.29) is 24.3 Å². The Morgan fingerprint density at radius 2 is 1.43 bits per heavy atom. The number of rotatable bonds is 9. The van der Waals surface area contributed by atoms with Crippen LogP contribution in [-0.4, -0.2) is 71.2 Å². The van der Waals surface area contributed by atoms with Crippen LogP contribution in [-0.2, 0) is 19.1 Å². The second-order valence-corrected chi connectivity index (χ2v) is 12.9. The third-order valence-corrected chi connectivity index (χ3v) is 10.4. The zero-order valence-corrected chi connectivity index (χ0v) is 26.3. The molecule has 0 saturated carbocycles. The van der Waals surface area contributed by atoms with Crippen LogP contribution in [0.15, 0.2) is 97.1 Å². The van der Waals surface area contributed by atoms with E-state index in [0.29, 0.717) is 38.9 Å². The van der Waals surface area contributed by atoms with Gasteiger partial charge in [-0.3, -0.25) is 14.4 Å². The standard InChI is InChI=1S/C38H41N3O5/c1-2-37-20-12-23-39(29-16-6-5-7-17-29)34(43)31(37)32-35(44)41(22-10-3-4-11-25-42)33-36(45)40(24-13-21-38(32,33)46-37)30-19-18-27-14-8-9-15-28(27)26-30/h5-9,12-21,26,31-33,42H,2-4,10-11,22-25H2,1H3/t31-,32-,33?,37+,38-/m0/s1. The minimum atomic E-state index is -1.30. The number of carbonyl (C=O) groups is 3. The number of fused-ring (bicyclic) bond motifs is 3. The van der Waals surface area contributed by atoms with Crippen LogP contribution in [0.3, 0.4) is 0 Å². The molecule has 46 heavy (non-hydrogen) atoms. The van der Waals surface area contributed by atoms with Gasteiger partial charge in [0.25, 0.3) is 5.91 Å². The molecule has 4 aliphatic heterocycles. The fourth-order valence-electron chi connectivity index (χ4n) is 8.16. The molecule has 1 spiro atoms. The van der Waals surface area contributed by atoms with Crippen molar-refractivity contribution in [3.8, 4) is 0 Å². The maximum Gasteiger partial charge on any atom is 0.253 e. The summed E-state index contributed by atoms with van der Waals surface area (Å²) >= 11 is 0. The van der Waals surface area contributed by atoms with E-state index in [1.807, 2.05) is 104 Å². The maximum absolute atomic E-state index is 14.9. The van der Waals surface area contributed by atoms with E-state index in [0.717, 1.165) is 35.0 Å². The van der Waals surface area contributed by atoms with E-state index < -0.39 is 29.1 Å². The number of amides is 3. The number of hydrogen-bond acceptors (Lipinski definition) is 5. The normalized spacial score (nSPS) is 28.8. The predicted octanol–water partition coefficient (Wildman–Crippen LogP) is 5.26. The van der Waals surface area contributed by atoms with Gasteiger partial charge in [-0.1, -0.05) is 92.6 Å². The summed E-state index contributed by atoms with van der Waals surface area (Å²) in [5.41, 5.74) is -0.809. The first kappa shape index (κ1) is 30.4. The summed E-state index contributed by atoms with van der Waals surface area (Å²) in [6, 6.07) is 22.6. The van der Waals surface area contributed by atoms with Gasteiger partial charge in [0, 0.05) is 37.6 Å². The fraction of sp³-hybridized carbons (Fsp3) is 0.395. The Kier molecular flexibility index (Phi) is 8.03. The van der Waals surface area contributed by atoms with Crippen molar-refractivity contribution in [3.63, 3.8) is 0 Å². The van der Waals surface area contributed by atoms with E-state index in [4.69, 9.17) is 4.74 Å². The van der Waals surface area contributed by atoms with Gasteiger partial charge in [0.1, 0.15) is 11.6 Å². The molecule has 8 heteroatoms. The number of para-hydroxylation sites is 1. The van der Waals surface area contributed by atoms with Crippen molar-refractivity contribution in [1.29, 1.82) is 0 Å². The van der Waals surface area contributed by atoms with Crippen LogP contribution in [0.25, 0.3) is 10.8 Å². The van der Waals surface area contributed by atoms with Crippen LogP contribution < -0.4 is 9.80 Å². The molecule has 2 saturated heterocycles. The number of hydrogen-bond donors (Lipinski definition) is 1. The average Bonchev–Trinajstić information content (AvgIpc) is 3.36. The molecule has 3 aromatic carbocycles. The number of unbranched alkanes of at least 4 members (excludes halogenated alkanes) is 3. The Labute approximate surface area is 269 Å². The van der Waals surface area contributed by atoms with Crippen LogP contribution in [0.2, 0.25) is 0 Å². The van der Waals surface area contributed by atoms with Crippen LogP contribution >= 0.6 is 0 Å². The van der Waals surface area contributed by atoms with Gasteiger partial charge in [-0.15, -0.1) is 0 Å². The second-order valence-electron chi connectivity index (χ2n) is 12.9. The fourth-order valence-corrected chi connectivity index (χ4v) is 8.16. The molecule has 0 radical (unpaired) electrons. The van der Waals surface area contributed by atoms with Crippen molar-refractivity contribution < 1.29 is 24.2 Å². The number of carbonyl (C=O) groups excluding carboxylic acids is 3. The van der Waals surface area contributed by atoms with Crippen molar-refractivity contribution in [2.45, 2.75) is 56.3 Å². The highest BCUT2D eigenvalue weighted by atomic mass is 16.5. The van der Waals surface area contributed by atoms with Crippen molar-refractivity contribution in [1.82, 2.24) is 4.90 Å². The number of aliphatic hydroxyl groups excluding tert-OH is 1. The lowest BCUT2D eigenvalue weighted by atomic mass is 9.73. The molecule has 8 nitrogen and oxygen atoms in total. The average molecular weight is 620 g/mol. The molecule has 4 aliphatic rings. The molecule has 3 aromatic rings. The van der Waals surface area contributed by atoms with Gasteiger partial charge in [0.15, 0.2) is 0 Å². The maximum atomic E-state index is 14.9. The van der Waals surface area contributed by atoms with Crippen LogP contribution in [0.4, 0.5) is 11.4 Å². The number of anilines is 2. The van der Waals surface area contributed by atoms with Crippen LogP contribution in [0, 0.1) is 11.8 Å². The lowest BCUT2D eigenvalue weighted by Gasteiger charge is -2.38. The molecule has 4 heterocycles. The zero-order valence-electron chi connectivity index (χ0n) is 26.3. The highest BCUT2D eigenvalue weighted by Crippen LogP contribution is 2.59.